The number of hydrogen-bond donors (Lipinski definition) is 3. The Morgan fingerprint density at radius 1 is 1.17 bits per heavy atom. The quantitative estimate of drug-likeness (QED) is 0.510. The Bertz CT molecular complexity index is 942. The van der Waals surface area contributed by atoms with E-state index < -0.39 is 29.3 Å². The van der Waals surface area contributed by atoms with Gasteiger partial charge in [0.2, 0.25) is 17.7 Å². The molecular weight excluding hydrogens is 444 g/mol. The van der Waals surface area contributed by atoms with Crippen molar-refractivity contribution < 1.29 is 19.2 Å². The van der Waals surface area contributed by atoms with Crippen LogP contribution in [0.5, 0.6) is 0 Å². The fourth-order valence-corrected chi connectivity index (χ4v) is 6.48. The third-order valence-electron chi connectivity index (χ3n) is 8.58. The number of carbonyl (C=O) groups excluding carboxylic acids is 4. The van der Waals surface area contributed by atoms with Gasteiger partial charge in [-0.15, -0.1) is 0 Å². The highest BCUT2D eigenvalue weighted by Gasteiger charge is 2.70. The number of ketones is 1. The molecule has 3 N–H and O–H groups in total. The fourth-order valence-electron chi connectivity index (χ4n) is 6.48. The van der Waals surface area contributed by atoms with Crippen molar-refractivity contribution in [3.05, 3.63) is 0 Å². The number of piperidine rings is 1. The molecule has 8 nitrogen and oxygen atoms in total. The monoisotopic (exact) mass is 486 g/mol. The van der Waals surface area contributed by atoms with Gasteiger partial charge in [0.05, 0.1) is 18.0 Å². The maximum Gasteiger partial charge on any atom is 0.225 e. The van der Waals surface area contributed by atoms with Gasteiger partial charge in [-0.05, 0) is 62.2 Å². The molecule has 3 aliphatic rings. The molecule has 0 aromatic rings. The highest BCUT2D eigenvalue weighted by atomic mass is 16.2. The zero-order chi connectivity index (χ0) is 26.5. The standard InChI is InChI=1S/C27H42N4O4/c1-14(32)29-22(25(2,3)4)21(33)17-12-18-20(27(18,7)8)19(17)24(35)30-16(13-28)11-15-9-10-26(5,6)31-23(15)34/h15-20,22H,9-12H2,1-8H3,(H,29,32)(H,30,35)(H,31,34)/t15-,16-,17?,18-,19-,20-,22+/m0/s1. The summed E-state index contributed by atoms with van der Waals surface area (Å²) in [6.07, 6.45) is 2.34. The predicted molar refractivity (Wildman–Crippen MR) is 132 cm³/mol. The number of carbonyl (C=O) groups is 4. The number of rotatable bonds is 7. The van der Waals surface area contributed by atoms with Crippen LogP contribution in [-0.4, -0.2) is 41.1 Å². The Hall–Kier alpha value is -2.43. The van der Waals surface area contributed by atoms with Gasteiger partial charge in [0, 0.05) is 24.3 Å². The summed E-state index contributed by atoms with van der Waals surface area (Å²) in [5.74, 6) is -1.83. The molecule has 35 heavy (non-hydrogen) atoms. The summed E-state index contributed by atoms with van der Waals surface area (Å²) in [5, 5.41) is 18.4. The first-order chi connectivity index (χ1) is 16.0. The van der Waals surface area contributed by atoms with Gasteiger partial charge < -0.3 is 16.0 Å². The van der Waals surface area contributed by atoms with Gasteiger partial charge in [-0.1, -0.05) is 34.6 Å². The van der Waals surface area contributed by atoms with E-state index in [4.69, 9.17) is 0 Å². The lowest BCUT2D eigenvalue weighted by Crippen LogP contribution is -2.54. The van der Waals surface area contributed by atoms with Crippen molar-refractivity contribution in [2.45, 2.75) is 98.7 Å². The number of amides is 3. The largest absolute Gasteiger partial charge is 0.351 e. The third kappa shape index (κ3) is 5.54. The molecule has 0 radical (unpaired) electrons. The van der Waals surface area contributed by atoms with Gasteiger partial charge in [-0.3, -0.25) is 19.2 Å². The van der Waals surface area contributed by atoms with E-state index in [1.165, 1.54) is 6.92 Å². The maximum absolute atomic E-state index is 13.7. The van der Waals surface area contributed by atoms with Crippen LogP contribution in [0.1, 0.15) is 81.1 Å². The van der Waals surface area contributed by atoms with E-state index in [1.54, 1.807) is 0 Å². The molecule has 1 aliphatic heterocycles. The van der Waals surface area contributed by atoms with Crippen LogP contribution in [0, 0.1) is 51.8 Å². The van der Waals surface area contributed by atoms with E-state index in [2.05, 4.69) is 35.9 Å². The average molecular weight is 487 g/mol. The number of nitrogens with zero attached hydrogens (tertiary/aromatic N) is 1. The Kier molecular flexibility index (Phi) is 7.15. The first kappa shape index (κ1) is 27.2. The molecule has 1 heterocycles. The predicted octanol–water partition coefficient (Wildman–Crippen LogP) is 2.72. The lowest BCUT2D eigenvalue weighted by molar-refractivity contribution is -0.138. The highest BCUT2D eigenvalue weighted by Crippen LogP contribution is 2.71. The molecular formula is C27H42N4O4. The molecule has 0 aromatic heterocycles. The average Bonchev–Trinajstić information content (AvgIpc) is 3.07. The van der Waals surface area contributed by atoms with E-state index in [0.29, 0.717) is 12.8 Å². The second-order valence-corrected chi connectivity index (χ2v) is 13.3. The summed E-state index contributed by atoms with van der Waals surface area (Å²) in [5.41, 5.74) is -0.801. The third-order valence-corrected chi connectivity index (χ3v) is 8.58. The zero-order valence-corrected chi connectivity index (χ0v) is 22.5. The number of Topliss-reactive ketones (excluding diaryl/α,β-unsaturated/α-hetero) is 1. The molecule has 1 saturated heterocycles. The summed E-state index contributed by atoms with van der Waals surface area (Å²) >= 11 is 0. The van der Waals surface area contributed by atoms with Crippen molar-refractivity contribution in [1.29, 1.82) is 5.26 Å². The molecule has 3 amide bonds. The first-order valence-electron chi connectivity index (χ1n) is 12.8. The lowest BCUT2D eigenvalue weighted by Gasteiger charge is -2.36. The van der Waals surface area contributed by atoms with Crippen molar-refractivity contribution >= 4 is 23.5 Å². The maximum atomic E-state index is 13.7. The molecule has 8 heteroatoms. The molecule has 2 aliphatic carbocycles. The van der Waals surface area contributed by atoms with Crippen molar-refractivity contribution in [2.24, 2.45) is 40.4 Å². The molecule has 3 fully saturated rings. The normalized spacial score (nSPS) is 32.3. The van der Waals surface area contributed by atoms with E-state index >= 15 is 0 Å². The minimum atomic E-state index is -0.801. The SMILES string of the molecule is CC(=O)N[C@H](C(=O)C1C[C@H]2[C@@H]([C@H]1C(=O)N[C@H](C#N)C[C@@H]1CCC(C)(C)NC1=O)C2(C)C)C(C)(C)C. The zero-order valence-electron chi connectivity index (χ0n) is 22.5. The van der Waals surface area contributed by atoms with Crippen LogP contribution in [0.4, 0.5) is 0 Å². The van der Waals surface area contributed by atoms with Crippen molar-refractivity contribution in [3.63, 3.8) is 0 Å². The number of nitriles is 1. The number of fused-ring (bicyclic) bond motifs is 1. The number of nitrogens with one attached hydrogen (secondary N) is 3. The Morgan fingerprint density at radius 3 is 2.31 bits per heavy atom. The molecule has 2 saturated carbocycles. The summed E-state index contributed by atoms with van der Waals surface area (Å²) in [4.78, 5) is 51.6. The van der Waals surface area contributed by atoms with Gasteiger partial charge in [-0.25, -0.2) is 0 Å². The van der Waals surface area contributed by atoms with Crippen LogP contribution < -0.4 is 16.0 Å². The van der Waals surface area contributed by atoms with Crippen molar-refractivity contribution in [2.75, 3.05) is 0 Å². The van der Waals surface area contributed by atoms with E-state index in [0.717, 1.165) is 6.42 Å². The molecule has 1 unspecified atom stereocenters. The van der Waals surface area contributed by atoms with E-state index in [-0.39, 0.29) is 58.6 Å². The minimum Gasteiger partial charge on any atom is -0.351 e. The summed E-state index contributed by atoms with van der Waals surface area (Å²) < 4.78 is 0. The molecule has 0 spiro atoms. The van der Waals surface area contributed by atoms with Crippen LogP contribution in [0.25, 0.3) is 0 Å². The minimum absolute atomic E-state index is 0.0407. The lowest BCUT2D eigenvalue weighted by atomic mass is 9.74. The molecule has 0 aromatic carbocycles. The van der Waals surface area contributed by atoms with Gasteiger partial charge in [0.1, 0.15) is 6.04 Å². The second kappa shape index (κ2) is 9.22. The number of hydrogen-bond acceptors (Lipinski definition) is 5. The van der Waals surface area contributed by atoms with E-state index in [9.17, 15) is 24.4 Å². The smallest absolute Gasteiger partial charge is 0.225 e. The fraction of sp³-hybridized carbons (Fsp3) is 0.815. The topological polar surface area (TPSA) is 128 Å². The highest BCUT2D eigenvalue weighted by molar-refractivity contribution is 5.95. The first-order valence-corrected chi connectivity index (χ1v) is 12.8. The Balaban J connectivity index is 1.76. The van der Waals surface area contributed by atoms with Crippen molar-refractivity contribution in [3.8, 4) is 6.07 Å². The second-order valence-electron chi connectivity index (χ2n) is 13.3. The van der Waals surface area contributed by atoms with Gasteiger partial charge >= 0.3 is 0 Å². The summed E-state index contributed by atoms with van der Waals surface area (Å²) in [6.45, 7) is 15.3. The van der Waals surface area contributed by atoms with Gasteiger partial charge in [-0.2, -0.15) is 5.26 Å². The summed E-state index contributed by atoms with van der Waals surface area (Å²) in [6, 6.07) is 0.664. The molecule has 0 bridgehead atoms. The summed E-state index contributed by atoms with van der Waals surface area (Å²) in [7, 11) is 0. The van der Waals surface area contributed by atoms with Gasteiger partial charge in [0.25, 0.3) is 0 Å². The molecule has 3 rings (SSSR count). The van der Waals surface area contributed by atoms with Crippen LogP contribution >= 0.6 is 0 Å². The van der Waals surface area contributed by atoms with Crippen LogP contribution in [0.3, 0.4) is 0 Å². The van der Waals surface area contributed by atoms with Crippen LogP contribution in [0.15, 0.2) is 0 Å². The van der Waals surface area contributed by atoms with Crippen LogP contribution in [0.2, 0.25) is 0 Å². The molecule has 7 atom stereocenters. The van der Waals surface area contributed by atoms with Crippen LogP contribution in [-0.2, 0) is 19.2 Å². The molecule has 194 valence electrons. The van der Waals surface area contributed by atoms with E-state index in [1.807, 2.05) is 34.6 Å². The van der Waals surface area contributed by atoms with Crippen molar-refractivity contribution in [1.82, 2.24) is 16.0 Å². The Morgan fingerprint density at radius 2 is 1.80 bits per heavy atom. The van der Waals surface area contributed by atoms with Gasteiger partial charge in [0.15, 0.2) is 5.78 Å². The Labute approximate surface area is 209 Å².